The highest BCUT2D eigenvalue weighted by molar-refractivity contribution is 5.84. The molecule has 0 bridgehead atoms. The third-order valence-electron chi connectivity index (χ3n) is 2.71. The number of hydrogen-bond donors (Lipinski definition) is 2. The molecule has 2 aromatic rings. The maximum absolute atomic E-state index is 7.37. The van der Waals surface area contributed by atoms with Crippen LogP contribution in [0.4, 0.5) is 5.82 Å². The summed E-state index contributed by atoms with van der Waals surface area (Å²) in [5.41, 5.74) is 7.18. The molecule has 0 amide bonds. The summed E-state index contributed by atoms with van der Waals surface area (Å²) in [4.78, 5) is 8.40. The van der Waals surface area contributed by atoms with Crippen LogP contribution in [0.3, 0.4) is 0 Å². The van der Waals surface area contributed by atoms with Gasteiger partial charge in [0, 0.05) is 12.6 Å². The third kappa shape index (κ3) is 2.56. The van der Waals surface area contributed by atoms with Gasteiger partial charge < -0.3 is 15.6 Å². The average Bonchev–Trinajstić information content (AvgIpc) is 2.72. The highest BCUT2D eigenvalue weighted by Gasteiger charge is 2.10. The lowest BCUT2D eigenvalue weighted by atomic mass is 10.1. The second-order valence-corrected chi connectivity index (χ2v) is 4.17. The first kappa shape index (κ1) is 12.3. The van der Waals surface area contributed by atoms with Crippen LogP contribution in [0.15, 0.2) is 16.5 Å². The van der Waals surface area contributed by atoms with E-state index < -0.39 is 0 Å². The van der Waals surface area contributed by atoms with E-state index in [-0.39, 0.29) is 0 Å². The number of anilines is 1. The lowest BCUT2D eigenvalue weighted by Crippen LogP contribution is -2.08. The van der Waals surface area contributed by atoms with Gasteiger partial charge in [0.1, 0.15) is 23.2 Å². The maximum atomic E-state index is 7.37. The Morgan fingerprint density at radius 2 is 2.06 bits per heavy atom. The zero-order chi connectivity index (χ0) is 13.1. The molecule has 94 valence electrons. The van der Waals surface area contributed by atoms with Crippen molar-refractivity contribution in [2.24, 2.45) is 0 Å². The predicted molar refractivity (Wildman–Crippen MR) is 69.9 cm³/mol. The van der Waals surface area contributed by atoms with E-state index in [1.54, 1.807) is 6.92 Å². The highest BCUT2D eigenvalue weighted by atomic mass is 16.3. The molecular formula is C13H16N4O. The summed E-state index contributed by atoms with van der Waals surface area (Å²) in [7, 11) is 0. The summed E-state index contributed by atoms with van der Waals surface area (Å²) in [5.74, 6) is 2.81. The summed E-state index contributed by atoms with van der Waals surface area (Å²) in [6.07, 6.45) is 2.63. The van der Waals surface area contributed by atoms with Crippen LogP contribution in [0.2, 0.25) is 0 Å². The minimum Gasteiger partial charge on any atom is -0.466 e. The number of rotatable bonds is 4. The first-order chi connectivity index (χ1) is 8.60. The van der Waals surface area contributed by atoms with Crippen LogP contribution >= 0.6 is 0 Å². The molecule has 5 nitrogen and oxygen atoms in total. The molecule has 0 atom stereocenters. The molecule has 2 aromatic heterocycles. The van der Waals surface area contributed by atoms with E-state index in [4.69, 9.17) is 15.6 Å². The average molecular weight is 244 g/mol. The molecule has 0 aromatic carbocycles. The van der Waals surface area contributed by atoms with Crippen LogP contribution in [0.5, 0.6) is 0 Å². The lowest BCUT2D eigenvalue weighted by molar-refractivity contribution is 0.481. The van der Waals surface area contributed by atoms with Crippen molar-refractivity contribution < 1.29 is 4.42 Å². The normalized spacial score (nSPS) is 10.6. The first-order valence-electron chi connectivity index (χ1n) is 5.79. The van der Waals surface area contributed by atoms with E-state index >= 15 is 0 Å². The highest BCUT2D eigenvalue weighted by Crippen LogP contribution is 2.15. The van der Waals surface area contributed by atoms with Crippen LogP contribution in [0.1, 0.15) is 28.6 Å². The van der Waals surface area contributed by atoms with Crippen LogP contribution in [-0.4, -0.2) is 16.2 Å². The van der Waals surface area contributed by atoms with Gasteiger partial charge in [-0.05, 0) is 32.4 Å². The minimum absolute atomic E-state index is 0.364. The molecule has 0 aliphatic carbocycles. The summed E-state index contributed by atoms with van der Waals surface area (Å²) < 4.78 is 5.51. The first-order valence-corrected chi connectivity index (χ1v) is 5.79. The fourth-order valence-electron chi connectivity index (χ4n) is 1.87. The molecule has 18 heavy (non-hydrogen) atoms. The van der Waals surface area contributed by atoms with E-state index in [0.29, 0.717) is 23.6 Å². The van der Waals surface area contributed by atoms with Gasteiger partial charge in [0.2, 0.25) is 0 Å². The number of furan rings is 1. The van der Waals surface area contributed by atoms with Gasteiger partial charge >= 0.3 is 0 Å². The van der Waals surface area contributed by atoms with Gasteiger partial charge in [0.05, 0.1) is 11.3 Å². The van der Waals surface area contributed by atoms with Gasteiger partial charge in [0.25, 0.3) is 0 Å². The Bertz CT molecular complexity index is 574. The van der Waals surface area contributed by atoms with Crippen LogP contribution < -0.4 is 5.73 Å². The predicted octanol–water partition coefficient (Wildman–Crippen LogP) is 2.05. The smallest absolute Gasteiger partial charge is 0.136 e. The molecule has 2 rings (SSSR count). The fourth-order valence-corrected chi connectivity index (χ4v) is 1.87. The van der Waals surface area contributed by atoms with Gasteiger partial charge in [-0.2, -0.15) is 0 Å². The molecule has 0 aliphatic heterocycles. The SMILES string of the molecule is Cc1nc(N)c(C=N)c(CCc2ccc(C)o2)n1. The Morgan fingerprint density at radius 3 is 2.67 bits per heavy atom. The zero-order valence-electron chi connectivity index (χ0n) is 10.5. The second kappa shape index (κ2) is 5.00. The third-order valence-corrected chi connectivity index (χ3v) is 2.71. The molecule has 0 aliphatic rings. The molecule has 0 unspecified atom stereocenters. The monoisotopic (exact) mass is 244 g/mol. The van der Waals surface area contributed by atoms with Crippen molar-refractivity contribution in [1.29, 1.82) is 5.41 Å². The molecule has 0 saturated heterocycles. The Morgan fingerprint density at radius 1 is 1.28 bits per heavy atom. The van der Waals surface area contributed by atoms with Crippen molar-refractivity contribution in [2.45, 2.75) is 26.7 Å². The quantitative estimate of drug-likeness (QED) is 0.805. The number of aryl methyl sites for hydroxylation is 4. The number of nitrogens with two attached hydrogens (primary N) is 1. The molecule has 2 heterocycles. The van der Waals surface area contributed by atoms with Crippen LogP contribution in [0.25, 0.3) is 0 Å². The number of aromatic nitrogens is 2. The molecule has 0 spiro atoms. The molecular weight excluding hydrogens is 228 g/mol. The van der Waals surface area contributed by atoms with E-state index in [0.717, 1.165) is 23.6 Å². The standard InChI is InChI=1S/C13H16N4O/c1-8-3-4-10(18-8)5-6-12-11(7-14)13(15)17-9(2)16-12/h3-4,7,14H,5-6H2,1-2H3,(H2,15,16,17). The molecule has 3 N–H and O–H groups in total. The Hall–Kier alpha value is -2.17. The van der Waals surface area contributed by atoms with Crippen molar-refractivity contribution in [1.82, 2.24) is 9.97 Å². The summed E-state index contributed by atoms with van der Waals surface area (Å²) in [5, 5.41) is 7.37. The van der Waals surface area contributed by atoms with Gasteiger partial charge in [-0.25, -0.2) is 9.97 Å². The summed E-state index contributed by atoms with van der Waals surface area (Å²) in [6, 6.07) is 3.89. The van der Waals surface area contributed by atoms with Crippen molar-refractivity contribution in [3.05, 3.63) is 40.7 Å². The van der Waals surface area contributed by atoms with Crippen molar-refractivity contribution >= 4 is 12.0 Å². The van der Waals surface area contributed by atoms with Crippen LogP contribution in [-0.2, 0) is 12.8 Å². The van der Waals surface area contributed by atoms with E-state index in [9.17, 15) is 0 Å². The number of nitrogen functional groups attached to an aromatic ring is 1. The van der Waals surface area contributed by atoms with Crippen molar-refractivity contribution in [3.8, 4) is 0 Å². The number of nitrogens with zero attached hydrogens (tertiary/aromatic N) is 2. The lowest BCUT2D eigenvalue weighted by Gasteiger charge is -2.07. The molecule has 5 heteroatoms. The molecule has 0 radical (unpaired) electrons. The van der Waals surface area contributed by atoms with Crippen molar-refractivity contribution in [2.75, 3.05) is 5.73 Å². The van der Waals surface area contributed by atoms with Gasteiger partial charge in [-0.15, -0.1) is 0 Å². The summed E-state index contributed by atoms with van der Waals surface area (Å²) >= 11 is 0. The van der Waals surface area contributed by atoms with Gasteiger partial charge in [-0.3, -0.25) is 0 Å². The van der Waals surface area contributed by atoms with E-state index in [1.807, 2.05) is 19.1 Å². The fraction of sp³-hybridized carbons (Fsp3) is 0.308. The van der Waals surface area contributed by atoms with Gasteiger partial charge in [0.15, 0.2) is 0 Å². The van der Waals surface area contributed by atoms with Crippen LogP contribution in [0, 0.1) is 19.3 Å². The Kier molecular flexibility index (Phi) is 3.41. The van der Waals surface area contributed by atoms with E-state index in [2.05, 4.69) is 9.97 Å². The second-order valence-electron chi connectivity index (χ2n) is 4.17. The minimum atomic E-state index is 0.364. The maximum Gasteiger partial charge on any atom is 0.136 e. The van der Waals surface area contributed by atoms with Crippen molar-refractivity contribution in [3.63, 3.8) is 0 Å². The summed E-state index contributed by atoms with van der Waals surface area (Å²) in [6.45, 7) is 3.71. The van der Waals surface area contributed by atoms with E-state index in [1.165, 1.54) is 6.21 Å². The molecule has 0 saturated carbocycles. The largest absolute Gasteiger partial charge is 0.466 e. The van der Waals surface area contributed by atoms with Gasteiger partial charge in [-0.1, -0.05) is 0 Å². The Balaban J connectivity index is 2.20. The number of hydrogen-bond acceptors (Lipinski definition) is 5. The number of nitrogens with one attached hydrogen (secondary N) is 1. The zero-order valence-corrected chi connectivity index (χ0v) is 10.5. The topological polar surface area (TPSA) is 88.8 Å². The molecule has 0 fully saturated rings. The Labute approximate surface area is 106 Å².